The normalized spacial score (nSPS) is 19.5. The van der Waals surface area contributed by atoms with Gasteiger partial charge in [-0.15, -0.1) is 0 Å². The van der Waals surface area contributed by atoms with Gasteiger partial charge in [0.05, 0.1) is 0 Å². The van der Waals surface area contributed by atoms with Gasteiger partial charge in [0.25, 0.3) is 0 Å². The standard InChI is InChI=1S/C13H27N.2C13H25N.C13H23N.C9H19N.2C9H17N.C9H15N.3C5H12.C4H10/c4*1-12(2,3)11-7-9-14(10-8-11)13(4,5)6;4*1-9(2,3)10-7-5-4-6-8-10;3*1-5(2,3)4;1-4(2)3/h11H,7-10H2,1-6H3;7H,8-10H2,1-6H3;7,9,11H,8,10H2,1-6H3;7-9H,10H2,1-6H3;4-8H2,1-3H3;5,7H,4,6,8H2,1-3H3;4-5H,6-8H2,1-3H3;4-7H,8H2,1-3H3;3*1-4H3;4H,1-3H3. The van der Waals surface area contributed by atoms with Crippen molar-refractivity contribution >= 4 is 0 Å². The van der Waals surface area contributed by atoms with E-state index in [9.17, 15) is 0 Å². The summed E-state index contributed by atoms with van der Waals surface area (Å²) in [6, 6.07) is 0. The Morgan fingerprint density at radius 1 is 0.287 bits per heavy atom. The smallest absolute Gasteiger partial charge is 0.0365 e. The lowest BCUT2D eigenvalue weighted by Crippen LogP contribution is -2.47. The van der Waals surface area contributed by atoms with E-state index in [0.29, 0.717) is 60.2 Å². The zero-order chi connectivity index (χ0) is 91.5. The molecule has 8 aliphatic rings. The summed E-state index contributed by atoms with van der Waals surface area (Å²) >= 11 is 0. The van der Waals surface area contributed by atoms with Crippen LogP contribution in [0.5, 0.6) is 0 Å². The fraction of sp³-hybridized carbons (Fsp3) is 0.850. The van der Waals surface area contributed by atoms with Gasteiger partial charge in [-0.2, -0.15) is 0 Å². The average Bonchev–Trinajstić information content (AvgIpc) is 0.843. The zero-order valence-electron chi connectivity index (χ0n) is 88.4. The van der Waals surface area contributed by atoms with E-state index in [4.69, 9.17) is 0 Å². The van der Waals surface area contributed by atoms with Crippen LogP contribution in [0.3, 0.4) is 0 Å². The van der Waals surface area contributed by atoms with Gasteiger partial charge in [-0.05, 0) is 342 Å². The Labute approximate surface area is 727 Å². The Morgan fingerprint density at radius 2 is 0.687 bits per heavy atom. The second-order valence-corrected chi connectivity index (χ2v) is 52.0. The van der Waals surface area contributed by atoms with Gasteiger partial charge in [0, 0.05) is 103 Å². The minimum atomic E-state index is 0.233. The Bertz CT molecular complexity index is 2620. The summed E-state index contributed by atoms with van der Waals surface area (Å²) in [6.07, 6.45) is 44.7. The fourth-order valence-corrected chi connectivity index (χ4v) is 12.9. The molecule has 0 amide bonds. The van der Waals surface area contributed by atoms with Gasteiger partial charge in [0.1, 0.15) is 0 Å². The van der Waals surface area contributed by atoms with Gasteiger partial charge >= 0.3 is 0 Å². The van der Waals surface area contributed by atoms with E-state index in [0.717, 1.165) is 43.9 Å². The molecule has 0 saturated carbocycles. The van der Waals surface area contributed by atoms with Crippen molar-refractivity contribution in [2.24, 2.45) is 55.7 Å². The molecule has 0 radical (unpaired) electrons. The maximum atomic E-state index is 2.62. The van der Waals surface area contributed by atoms with Crippen molar-refractivity contribution in [3.63, 3.8) is 0 Å². The summed E-state index contributed by atoms with van der Waals surface area (Å²) < 4.78 is 0. The Morgan fingerprint density at radius 3 is 0.930 bits per heavy atom. The fourth-order valence-electron chi connectivity index (χ4n) is 12.9. The predicted molar refractivity (Wildman–Crippen MR) is 529 cm³/mol. The first-order valence-electron chi connectivity index (χ1n) is 46.5. The van der Waals surface area contributed by atoms with E-state index < -0.39 is 0 Å². The number of nitrogens with zero attached hydrogens (tertiary/aromatic N) is 8. The summed E-state index contributed by atoms with van der Waals surface area (Å²) in [5.74, 6) is 2.49. The van der Waals surface area contributed by atoms with Crippen LogP contribution in [0, 0.1) is 55.7 Å². The van der Waals surface area contributed by atoms with Crippen LogP contribution in [0.25, 0.3) is 0 Å². The number of allylic oxidation sites excluding steroid dienone is 6. The molecule has 682 valence electrons. The quantitative estimate of drug-likeness (QED) is 0.221. The highest BCUT2D eigenvalue weighted by atomic mass is 15.2. The van der Waals surface area contributed by atoms with Crippen LogP contribution in [0.2, 0.25) is 0 Å². The lowest BCUT2D eigenvalue weighted by atomic mass is 9.75. The number of likely N-dealkylation sites (tertiary alicyclic amines) is 2. The maximum Gasteiger partial charge on any atom is 0.0365 e. The first-order valence-corrected chi connectivity index (χ1v) is 46.5. The lowest BCUT2D eigenvalue weighted by Gasteiger charge is -2.44. The van der Waals surface area contributed by atoms with Gasteiger partial charge < -0.3 is 19.6 Å². The molecular formula is C107H214N8. The molecule has 2 fully saturated rings. The van der Waals surface area contributed by atoms with Crippen LogP contribution in [-0.4, -0.2) is 162 Å². The van der Waals surface area contributed by atoms with Crippen molar-refractivity contribution < 1.29 is 0 Å². The highest BCUT2D eigenvalue weighted by Crippen LogP contribution is 2.38. The highest BCUT2D eigenvalue weighted by molar-refractivity contribution is 5.28. The monoisotopic (exact) mass is 1610 g/mol. The first-order chi connectivity index (χ1) is 51.0. The molecule has 0 aromatic carbocycles. The van der Waals surface area contributed by atoms with E-state index in [2.05, 4.69) is 478 Å². The van der Waals surface area contributed by atoms with Crippen molar-refractivity contribution in [2.75, 3.05) is 78.5 Å². The van der Waals surface area contributed by atoms with Crippen molar-refractivity contribution in [1.29, 1.82) is 0 Å². The molecular weight excluding hydrogens is 1400 g/mol. The third-order valence-corrected chi connectivity index (χ3v) is 20.5. The van der Waals surface area contributed by atoms with Crippen molar-refractivity contribution in [3.05, 3.63) is 96.7 Å². The molecule has 1 atom stereocenters. The third kappa shape index (κ3) is 66.3. The molecule has 0 spiro atoms. The molecule has 2 saturated heterocycles. The molecule has 0 N–H and O–H groups in total. The predicted octanol–water partition coefficient (Wildman–Crippen LogP) is 31.0. The molecule has 8 rings (SSSR count). The molecule has 1 unspecified atom stereocenters. The van der Waals surface area contributed by atoms with Crippen LogP contribution in [-0.2, 0) is 0 Å². The number of piperidine rings is 2. The van der Waals surface area contributed by atoms with Crippen molar-refractivity contribution in [3.8, 4) is 0 Å². The zero-order valence-corrected chi connectivity index (χ0v) is 88.4. The van der Waals surface area contributed by atoms with Crippen LogP contribution < -0.4 is 0 Å². The summed E-state index contributed by atoms with van der Waals surface area (Å²) in [4.78, 5) is 19.8. The molecule has 0 bridgehead atoms. The summed E-state index contributed by atoms with van der Waals surface area (Å²) in [6.45, 7) is 129. The number of hydrogen-bond donors (Lipinski definition) is 0. The number of rotatable bonds is 0. The van der Waals surface area contributed by atoms with E-state index >= 15 is 0 Å². The van der Waals surface area contributed by atoms with E-state index in [1.165, 1.54) is 122 Å². The molecule has 0 aromatic rings. The Hall–Kier alpha value is -3.04. The van der Waals surface area contributed by atoms with Crippen LogP contribution >= 0.6 is 0 Å². The van der Waals surface area contributed by atoms with Crippen LogP contribution in [0.1, 0.15) is 417 Å². The number of hydrogen-bond acceptors (Lipinski definition) is 8. The van der Waals surface area contributed by atoms with Crippen molar-refractivity contribution in [2.45, 2.75) is 462 Å². The van der Waals surface area contributed by atoms with Gasteiger partial charge in [-0.25, -0.2) is 0 Å². The van der Waals surface area contributed by atoms with Gasteiger partial charge in [-0.3, -0.25) is 19.6 Å². The minimum absolute atomic E-state index is 0.233. The summed E-state index contributed by atoms with van der Waals surface area (Å²) in [5, 5.41) is 0. The second kappa shape index (κ2) is 51.1. The van der Waals surface area contributed by atoms with Gasteiger partial charge in [-0.1, -0.05) is 248 Å². The summed E-state index contributed by atoms with van der Waals surface area (Å²) in [5.41, 5.74) is 8.66. The summed E-state index contributed by atoms with van der Waals surface area (Å²) in [7, 11) is 0. The van der Waals surface area contributed by atoms with E-state index in [1.54, 1.807) is 5.57 Å². The molecule has 0 aliphatic carbocycles. The molecule has 0 aromatic heterocycles. The maximum absolute atomic E-state index is 2.62. The van der Waals surface area contributed by atoms with E-state index in [1.807, 2.05) is 0 Å². The Balaban J connectivity index is -0.000000595. The van der Waals surface area contributed by atoms with Crippen LogP contribution in [0.4, 0.5) is 0 Å². The molecule has 8 aliphatic heterocycles. The SMILES string of the molecule is CC(C)(C)C.CC(C)(C)C.CC(C)(C)C.CC(C)(C)C1=CCN(C(C)(C)C)C=C1.CC(C)(C)C1=CCN(C(C)(C)C)CC1.CC(C)(C)C1C=CN(C(C)(C)C)CC1.CC(C)(C)C1CCN(C(C)(C)C)CC1.CC(C)(C)N1C=CC=CC1.CC(C)(C)N1C=CCCC1.CC(C)(C)N1CC=CCC1.CC(C)(C)N1CCCCC1.CC(C)C. The highest BCUT2D eigenvalue weighted by Gasteiger charge is 2.34. The second-order valence-electron chi connectivity index (χ2n) is 52.0. The topological polar surface area (TPSA) is 25.9 Å². The third-order valence-electron chi connectivity index (χ3n) is 20.5. The molecule has 8 heteroatoms. The van der Waals surface area contributed by atoms with Gasteiger partial charge in [0.2, 0.25) is 0 Å². The van der Waals surface area contributed by atoms with Crippen LogP contribution in [0.15, 0.2) is 96.7 Å². The molecule has 8 heterocycles. The average molecular weight is 1610 g/mol. The van der Waals surface area contributed by atoms with E-state index in [-0.39, 0.29) is 22.0 Å². The largest absolute Gasteiger partial charge is 0.373 e. The molecule has 8 nitrogen and oxygen atoms in total. The first kappa shape index (κ1) is 118. The minimum Gasteiger partial charge on any atom is -0.373 e. The van der Waals surface area contributed by atoms with Crippen molar-refractivity contribution in [1.82, 2.24) is 39.2 Å². The molecule has 115 heavy (non-hydrogen) atoms. The lowest BCUT2D eigenvalue weighted by molar-refractivity contribution is 0.0532. The van der Waals surface area contributed by atoms with Gasteiger partial charge in [0.15, 0.2) is 0 Å². The Kier molecular flexibility index (Phi) is 52.6.